The van der Waals surface area contributed by atoms with Gasteiger partial charge in [-0.05, 0) is 47.4 Å². The summed E-state index contributed by atoms with van der Waals surface area (Å²) in [7, 11) is 4.22. The lowest BCUT2D eigenvalue weighted by Crippen LogP contribution is -2.56. The zero-order valence-electron chi connectivity index (χ0n) is 24.8. The Labute approximate surface area is 253 Å². The summed E-state index contributed by atoms with van der Waals surface area (Å²) < 4.78 is 36.8. The zero-order valence-corrected chi connectivity index (χ0v) is 24.8. The van der Waals surface area contributed by atoms with Crippen molar-refractivity contribution in [3.05, 3.63) is 71.3 Å². The first-order valence-corrected chi connectivity index (χ1v) is 14.1. The van der Waals surface area contributed by atoms with Crippen LogP contribution in [0.3, 0.4) is 0 Å². The van der Waals surface area contributed by atoms with Gasteiger partial charge in [0.15, 0.2) is 5.82 Å². The molecule has 5 amide bonds. The Morgan fingerprint density at radius 2 is 1.75 bits per heavy atom. The minimum atomic E-state index is -1.18. The van der Waals surface area contributed by atoms with E-state index in [0.717, 1.165) is 4.90 Å². The molecular formula is C32H33F2N5O5. The second kappa shape index (κ2) is 12.4. The summed E-state index contributed by atoms with van der Waals surface area (Å²) in [5.74, 6) is -3.48. The SMILES string of the molecule is COc1cc(-c2cccc(-c3cccc(NC(=O)C4CN(C)C(=O)N(C)C4=O)c3F)c2C)cc(F)c1CN[C@@H]1CNC(=O)C1. The quantitative estimate of drug-likeness (QED) is 0.337. The van der Waals surface area contributed by atoms with Gasteiger partial charge in [0.2, 0.25) is 17.7 Å². The molecule has 5 rings (SSSR count). The van der Waals surface area contributed by atoms with Crippen molar-refractivity contribution in [1.29, 1.82) is 0 Å². The molecular weight excluding hydrogens is 572 g/mol. The molecule has 1 unspecified atom stereocenters. The minimum Gasteiger partial charge on any atom is -0.496 e. The second-order valence-electron chi connectivity index (χ2n) is 11.0. The zero-order chi connectivity index (χ0) is 31.7. The normalized spacial score (nSPS) is 18.5. The van der Waals surface area contributed by atoms with Gasteiger partial charge in [-0.3, -0.25) is 19.3 Å². The van der Waals surface area contributed by atoms with Crippen molar-refractivity contribution in [2.45, 2.75) is 25.9 Å². The molecule has 0 bridgehead atoms. The van der Waals surface area contributed by atoms with E-state index in [4.69, 9.17) is 4.74 Å². The van der Waals surface area contributed by atoms with Crippen LogP contribution >= 0.6 is 0 Å². The van der Waals surface area contributed by atoms with Crippen molar-refractivity contribution in [3.8, 4) is 28.0 Å². The average Bonchev–Trinajstić information content (AvgIpc) is 3.43. The maximum Gasteiger partial charge on any atom is 0.326 e. The highest BCUT2D eigenvalue weighted by Crippen LogP contribution is 2.37. The first-order chi connectivity index (χ1) is 21.0. The summed E-state index contributed by atoms with van der Waals surface area (Å²) >= 11 is 0. The highest BCUT2D eigenvalue weighted by atomic mass is 19.1. The van der Waals surface area contributed by atoms with E-state index in [1.807, 2.05) is 0 Å². The lowest BCUT2D eigenvalue weighted by molar-refractivity contribution is -0.140. The number of hydrogen-bond donors (Lipinski definition) is 3. The molecule has 44 heavy (non-hydrogen) atoms. The fraction of sp³-hybridized carbons (Fsp3) is 0.312. The number of hydrogen-bond acceptors (Lipinski definition) is 6. The van der Waals surface area contributed by atoms with E-state index in [-0.39, 0.29) is 36.3 Å². The van der Waals surface area contributed by atoms with Gasteiger partial charge in [-0.2, -0.15) is 0 Å². The van der Waals surface area contributed by atoms with E-state index < -0.39 is 35.4 Å². The lowest BCUT2D eigenvalue weighted by atomic mass is 9.91. The number of urea groups is 1. The fourth-order valence-corrected chi connectivity index (χ4v) is 5.62. The Balaban J connectivity index is 1.41. The Bertz CT molecular complexity index is 1660. The molecule has 2 saturated heterocycles. The van der Waals surface area contributed by atoms with Gasteiger partial charge in [-0.15, -0.1) is 0 Å². The Kier molecular flexibility index (Phi) is 8.63. The summed E-state index contributed by atoms with van der Waals surface area (Å²) in [5.41, 5.74) is 2.80. The Morgan fingerprint density at radius 3 is 2.45 bits per heavy atom. The summed E-state index contributed by atoms with van der Waals surface area (Å²) in [4.78, 5) is 51.2. The van der Waals surface area contributed by atoms with E-state index in [2.05, 4.69) is 16.0 Å². The first-order valence-electron chi connectivity index (χ1n) is 14.1. The summed E-state index contributed by atoms with van der Waals surface area (Å²) in [6, 6.07) is 12.3. The summed E-state index contributed by atoms with van der Waals surface area (Å²) in [5, 5.41) is 8.44. The number of carbonyl (C=O) groups excluding carboxylic acids is 4. The molecule has 3 aromatic rings. The third-order valence-corrected chi connectivity index (χ3v) is 8.13. The molecule has 2 atom stereocenters. The molecule has 2 aliphatic heterocycles. The van der Waals surface area contributed by atoms with Crippen LogP contribution in [0.4, 0.5) is 19.3 Å². The van der Waals surface area contributed by atoms with Crippen LogP contribution in [0.15, 0.2) is 48.5 Å². The van der Waals surface area contributed by atoms with Gasteiger partial charge in [0, 0.05) is 57.3 Å². The van der Waals surface area contributed by atoms with Crippen LogP contribution in [0.1, 0.15) is 17.5 Å². The molecule has 0 aliphatic carbocycles. The van der Waals surface area contributed by atoms with Crippen LogP contribution in [0.25, 0.3) is 22.3 Å². The van der Waals surface area contributed by atoms with Crippen molar-refractivity contribution < 1.29 is 32.7 Å². The first kappa shape index (κ1) is 30.6. The molecule has 2 heterocycles. The largest absolute Gasteiger partial charge is 0.496 e. The molecule has 3 aromatic carbocycles. The maximum absolute atomic E-state index is 15.9. The maximum atomic E-state index is 15.9. The van der Waals surface area contributed by atoms with Crippen molar-refractivity contribution in [3.63, 3.8) is 0 Å². The number of benzene rings is 3. The monoisotopic (exact) mass is 605 g/mol. The molecule has 0 radical (unpaired) electrons. The van der Waals surface area contributed by atoms with Gasteiger partial charge in [0.1, 0.15) is 17.5 Å². The molecule has 0 saturated carbocycles. The van der Waals surface area contributed by atoms with E-state index in [1.165, 1.54) is 38.2 Å². The Morgan fingerprint density at radius 1 is 1.05 bits per heavy atom. The van der Waals surface area contributed by atoms with Crippen LogP contribution in [0.5, 0.6) is 5.75 Å². The smallest absolute Gasteiger partial charge is 0.326 e. The molecule has 230 valence electrons. The van der Waals surface area contributed by atoms with E-state index in [1.54, 1.807) is 43.3 Å². The van der Waals surface area contributed by atoms with Gasteiger partial charge in [-0.25, -0.2) is 13.6 Å². The predicted octanol–water partition coefficient (Wildman–Crippen LogP) is 3.67. The fourth-order valence-electron chi connectivity index (χ4n) is 5.62. The van der Waals surface area contributed by atoms with Crippen LogP contribution in [-0.4, -0.2) is 73.9 Å². The number of ether oxygens (including phenoxy) is 1. The lowest BCUT2D eigenvalue weighted by Gasteiger charge is -2.33. The number of imide groups is 1. The highest BCUT2D eigenvalue weighted by Gasteiger charge is 2.39. The topological polar surface area (TPSA) is 120 Å². The molecule has 3 N–H and O–H groups in total. The number of methoxy groups -OCH3 is 1. The van der Waals surface area contributed by atoms with Crippen molar-refractivity contribution in [2.75, 3.05) is 39.6 Å². The minimum absolute atomic E-state index is 0.0531. The summed E-state index contributed by atoms with van der Waals surface area (Å²) in [6.07, 6.45) is 0.323. The van der Waals surface area contributed by atoms with Crippen molar-refractivity contribution >= 4 is 29.4 Å². The molecule has 12 heteroatoms. The van der Waals surface area contributed by atoms with Gasteiger partial charge in [0.25, 0.3) is 0 Å². The standard InChI is InChI=1S/C32H33F2N5O5/c1-17-20(18-11-25(33)23(27(12-18)44-4)15-35-19-13-28(40)36-14-19)7-5-8-21(17)22-9-6-10-26(29(22)34)37-30(41)24-16-38(2)32(43)39(3)31(24)42/h5-12,19,24,35H,13-16H2,1-4H3,(H,36,40)(H,37,41)/t19-,24?/m0/s1. The van der Waals surface area contributed by atoms with E-state index in [0.29, 0.717) is 46.5 Å². The number of nitrogens with one attached hydrogen (secondary N) is 3. The number of nitrogens with zero attached hydrogens (tertiary/aromatic N) is 2. The van der Waals surface area contributed by atoms with Crippen LogP contribution < -0.4 is 20.7 Å². The van der Waals surface area contributed by atoms with Gasteiger partial charge in [0.05, 0.1) is 12.8 Å². The third kappa shape index (κ3) is 5.85. The predicted molar refractivity (Wildman–Crippen MR) is 160 cm³/mol. The summed E-state index contributed by atoms with van der Waals surface area (Å²) in [6.45, 7) is 2.32. The molecule has 0 aromatic heterocycles. The highest BCUT2D eigenvalue weighted by molar-refractivity contribution is 6.12. The van der Waals surface area contributed by atoms with Crippen molar-refractivity contribution in [2.24, 2.45) is 5.92 Å². The second-order valence-corrected chi connectivity index (χ2v) is 11.0. The van der Waals surface area contributed by atoms with E-state index in [9.17, 15) is 19.2 Å². The Hall–Kier alpha value is -4.84. The van der Waals surface area contributed by atoms with Crippen LogP contribution in [0, 0.1) is 24.5 Å². The molecule has 2 aliphatic rings. The third-order valence-electron chi connectivity index (χ3n) is 8.13. The molecule has 0 spiro atoms. The van der Waals surface area contributed by atoms with Gasteiger partial charge < -0.3 is 25.6 Å². The van der Waals surface area contributed by atoms with E-state index >= 15 is 8.78 Å². The molecule has 10 nitrogen and oxygen atoms in total. The van der Waals surface area contributed by atoms with Gasteiger partial charge in [-0.1, -0.05) is 30.3 Å². The number of halogens is 2. The molecule has 2 fully saturated rings. The number of amides is 5. The number of rotatable bonds is 8. The van der Waals surface area contributed by atoms with Crippen LogP contribution in [-0.2, 0) is 20.9 Å². The van der Waals surface area contributed by atoms with Crippen molar-refractivity contribution in [1.82, 2.24) is 20.4 Å². The average molecular weight is 606 g/mol. The van der Waals surface area contributed by atoms with Gasteiger partial charge >= 0.3 is 6.03 Å². The number of anilines is 1. The number of carbonyl (C=O) groups is 4. The van der Waals surface area contributed by atoms with Crippen LogP contribution in [0.2, 0.25) is 0 Å².